The topological polar surface area (TPSA) is 85.8 Å². The van der Waals surface area contributed by atoms with Crippen LogP contribution in [0.1, 0.15) is 16.7 Å². The van der Waals surface area contributed by atoms with Gasteiger partial charge in [0, 0.05) is 22.4 Å². The minimum Gasteiger partial charge on any atom is -0.493 e. The second-order valence-corrected chi connectivity index (χ2v) is 8.11. The lowest BCUT2D eigenvalue weighted by Gasteiger charge is -2.34. The van der Waals surface area contributed by atoms with Gasteiger partial charge in [-0.3, -0.25) is 5.32 Å². The molecule has 0 amide bonds. The molecule has 1 atom stereocenters. The maximum atomic E-state index is 11.7. The first-order valence-corrected chi connectivity index (χ1v) is 11.2. The Balaban J connectivity index is 1.81. The van der Waals surface area contributed by atoms with Gasteiger partial charge in [0.05, 0.1) is 14.2 Å². The van der Waals surface area contributed by atoms with Gasteiger partial charge in [-0.1, -0.05) is 42.5 Å². The summed E-state index contributed by atoms with van der Waals surface area (Å²) >= 11 is -3.49. The lowest BCUT2D eigenvalue weighted by atomic mass is 9.86. The van der Waals surface area contributed by atoms with Crippen molar-refractivity contribution in [3.05, 3.63) is 71.3 Å². The molecule has 6 nitrogen and oxygen atoms in total. The van der Waals surface area contributed by atoms with E-state index in [1.165, 1.54) is 0 Å². The Bertz CT molecular complexity index is 1030. The van der Waals surface area contributed by atoms with Gasteiger partial charge in [0.25, 0.3) is 0 Å². The van der Waals surface area contributed by atoms with Crippen molar-refractivity contribution in [1.82, 2.24) is 5.32 Å². The number of ether oxygens (including phenoxy) is 2. The first-order valence-electron chi connectivity index (χ1n) is 9.28. The normalized spacial score (nSPS) is 18.7. The Morgan fingerprint density at radius 3 is 2.41 bits per heavy atom. The second kappa shape index (κ2) is 8.30. The lowest BCUT2D eigenvalue weighted by molar-refractivity contribution is -1.63. The fourth-order valence-corrected chi connectivity index (χ4v) is 4.85. The standard InChI is InChI=1S/C22H22BrNO5/c1-27-20-12-18-9-10-24-22(29-23(25)26,19(18)13-21(20)28-2)14-15-7-8-16-5-3-4-6-17(16)11-15/h3-8,11-13,24H,9-10,14H2,1-2H3/t22-/m0/s1. The van der Waals surface area contributed by atoms with Gasteiger partial charge in [0.1, 0.15) is 0 Å². The molecule has 29 heavy (non-hydrogen) atoms. The summed E-state index contributed by atoms with van der Waals surface area (Å²) in [4.78, 5) is 0. The molecule has 0 fully saturated rings. The van der Waals surface area contributed by atoms with Crippen LogP contribution < -0.4 is 23.2 Å². The molecule has 4 rings (SSSR count). The van der Waals surface area contributed by atoms with Gasteiger partial charge in [0.15, 0.2) is 11.5 Å². The molecule has 3 aromatic rings. The largest absolute Gasteiger partial charge is 0.493 e. The van der Waals surface area contributed by atoms with Gasteiger partial charge in [-0.25, -0.2) is 0 Å². The van der Waals surface area contributed by atoms with Crippen molar-refractivity contribution in [3.8, 4) is 11.5 Å². The Morgan fingerprint density at radius 2 is 1.69 bits per heavy atom. The molecule has 0 spiro atoms. The quantitative estimate of drug-likeness (QED) is 0.600. The van der Waals surface area contributed by atoms with Crippen LogP contribution in [0.4, 0.5) is 0 Å². The predicted molar refractivity (Wildman–Crippen MR) is 102 cm³/mol. The highest BCUT2D eigenvalue weighted by atomic mass is 80.0. The highest BCUT2D eigenvalue weighted by molar-refractivity contribution is 5.83. The van der Waals surface area contributed by atoms with Crippen molar-refractivity contribution in [1.29, 1.82) is 0 Å². The van der Waals surface area contributed by atoms with Crippen molar-refractivity contribution in [3.63, 3.8) is 0 Å². The van der Waals surface area contributed by atoms with E-state index in [2.05, 4.69) is 11.4 Å². The van der Waals surface area contributed by atoms with E-state index in [9.17, 15) is 8.40 Å². The molecular weight excluding hydrogens is 438 g/mol. The summed E-state index contributed by atoms with van der Waals surface area (Å²) in [5.41, 5.74) is 1.52. The van der Waals surface area contributed by atoms with E-state index in [-0.39, 0.29) is 0 Å². The van der Waals surface area contributed by atoms with Crippen LogP contribution in [-0.2, 0) is 22.4 Å². The molecule has 1 aliphatic heterocycles. The molecule has 7 heteroatoms. The molecule has 0 saturated carbocycles. The number of benzene rings is 3. The maximum absolute atomic E-state index is 11.7. The fourth-order valence-electron chi connectivity index (χ4n) is 4.00. The number of nitrogens with one attached hydrogen (secondary N) is 1. The second-order valence-electron chi connectivity index (χ2n) is 6.99. The highest BCUT2D eigenvalue weighted by Gasteiger charge is 2.47. The van der Waals surface area contributed by atoms with Crippen LogP contribution in [0.3, 0.4) is 0 Å². The molecule has 0 aliphatic carbocycles. The molecule has 0 bridgehead atoms. The molecule has 0 unspecified atom stereocenters. The number of methoxy groups -OCH3 is 2. The molecule has 1 heterocycles. The van der Waals surface area contributed by atoms with Crippen molar-refractivity contribution in [2.45, 2.75) is 18.6 Å². The summed E-state index contributed by atoms with van der Waals surface area (Å²) in [6, 6.07) is 17.9. The lowest BCUT2D eigenvalue weighted by Crippen LogP contribution is -2.55. The van der Waals surface area contributed by atoms with Gasteiger partial charge in [-0.2, -0.15) is 0 Å². The minimum absolute atomic E-state index is 0.361. The van der Waals surface area contributed by atoms with Gasteiger partial charge in [-0.05, 0) is 40.5 Å². The zero-order valence-corrected chi connectivity index (χ0v) is 17.8. The Labute approximate surface area is 174 Å². The molecule has 0 saturated heterocycles. The van der Waals surface area contributed by atoms with Crippen LogP contribution in [-0.4, -0.2) is 20.8 Å². The number of hydrogen-bond acceptors (Lipinski definition) is 6. The number of rotatable bonds is 6. The van der Waals surface area contributed by atoms with Gasteiger partial charge < -0.3 is 17.9 Å². The first-order chi connectivity index (χ1) is 14.0. The van der Waals surface area contributed by atoms with Crippen molar-refractivity contribution < 1.29 is 36.5 Å². The van der Waals surface area contributed by atoms with Crippen LogP contribution in [0.15, 0.2) is 54.6 Å². The summed E-state index contributed by atoms with van der Waals surface area (Å²) in [5, 5.41) is 5.54. The zero-order chi connectivity index (χ0) is 20.4. The highest BCUT2D eigenvalue weighted by Crippen LogP contribution is 2.40. The van der Waals surface area contributed by atoms with E-state index in [1.807, 2.05) is 48.5 Å². The van der Waals surface area contributed by atoms with E-state index in [4.69, 9.17) is 13.3 Å². The Morgan fingerprint density at radius 1 is 0.966 bits per heavy atom. The average Bonchev–Trinajstić information content (AvgIpc) is 2.72. The van der Waals surface area contributed by atoms with Gasteiger partial charge in [0.2, 0.25) is 5.72 Å². The van der Waals surface area contributed by atoms with E-state index in [0.717, 1.165) is 33.9 Å². The molecule has 1 aliphatic rings. The minimum atomic E-state index is -3.49. The Hall–Kier alpha value is -2.16. The molecule has 0 radical (unpaired) electrons. The molecule has 3 aromatic carbocycles. The van der Waals surface area contributed by atoms with E-state index in [0.29, 0.717) is 24.5 Å². The smallest absolute Gasteiger partial charge is 0.439 e. The average molecular weight is 460 g/mol. The van der Waals surface area contributed by atoms with Crippen molar-refractivity contribution in [2.24, 2.45) is 0 Å². The van der Waals surface area contributed by atoms with Crippen LogP contribution in [0, 0.1) is 14.8 Å². The van der Waals surface area contributed by atoms with Crippen LogP contribution in [0.5, 0.6) is 11.5 Å². The van der Waals surface area contributed by atoms with E-state index < -0.39 is 20.5 Å². The van der Waals surface area contributed by atoms with Crippen molar-refractivity contribution in [2.75, 3.05) is 20.8 Å². The first kappa shape index (κ1) is 20.1. The SMILES string of the molecule is COc1cc2c(cc1OC)[C@](Cc1ccc3ccccc3c1)(O[Br+2]([O-])[O-])NCC2. The third-order valence-electron chi connectivity index (χ3n) is 5.31. The summed E-state index contributed by atoms with van der Waals surface area (Å²) in [7, 11) is 3.14. The zero-order valence-electron chi connectivity index (χ0n) is 16.2. The summed E-state index contributed by atoms with van der Waals surface area (Å²) < 4.78 is 39.9. The van der Waals surface area contributed by atoms with Crippen LogP contribution in [0.25, 0.3) is 10.8 Å². The predicted octanol–water partition coefficient (Wildman–Crippen LogP) is 1.50. The van der Waals surface area contributed by atoms with E-state index >= 15 is 0 Å². The molecular formula is C22H22BrNO5. The maximum Gasteiger partial charge on any atom is 0.439 e. The molecule has 0 aromatic heterocycles. The Kier molecular flexibility index (Phi) is 5.76. The van der Waals surface area contributed by atoms with Crippen LogP contribution >= 0.6 is 0 Å². The van der Waals surface area contributed by atoms with E-state index in [1.54, 1.807) is 14.2 Å². The van der Waals surface area contributed by atoms with Gasteiger partial charge >= 0.3 is 14.8 Å². The monoisotopic (exact) mass is 459 g/mol. The molecule has 1 N–H and O–H groups in total. The summed E-state index contributed by atoms with van der Waals surface area (Å²) in [6.45, 7) is 0.589. The fraction of sp³-hybridized carbons (Fsp3) is 0.273. The number of halogens is 1. The number of fused-ring (bicyclic) bond motifs is 2. The summed E-state index contributed by atoms with van der Waals surface area (Å²) in [5.74, 6) is 1.15. The number of hydrogen-bond donors (Lipinski definition) is 1. The third kappa shape index (κ3) is 3.97. The van der Waals surface area contributed by atoms with Crippen molar-refractivity contribution >= 4 is 10.8 Å². The third-order valence-corrected chi connectivity index (χ3v) is 6.13. The molecule has 152 valence electrons. The van der Waals surface area contributed by atoms with Crippen LogP contribution in [0.2, 0.25) is 0 Å². The summed E-state index contributed by atoms with van der Waals surface area (Å²) in [6.07, 6.45) is 1.10. The van der Waals surface area contributed by atoms with Gasteiger partial charge in [-0.15, -0.1) is 0 Å².